The minimum atomic E-state index is 0.604. The zero-order chi connectivity index (χ0) is 17.9. The van der Waals surface area contributed by atoms with Gasteiger partial charge in [-0.3, -0.25) is 0 Å². The van der Waals surface area contributed by atoms with Crippen molar-refractivity contribution in [2.45, 2.75) is 58.0 Å². The largest absolute Gasteiger partial charge is 0.381 e. The van der Waals surface area contributed by atoms with Crippen LogP contribution in [0.4, 0.5) is 5.95 Å². The molecule has 0 bridgehead atoms. The van der Waals surface area contributed by atoms with Crippen LogP contribution in [0.15, 0.2) is 18.2 Å². The van der Waals surface area contributed by atoms with Crippen molar-refractivity contribution in [2.75, 3.05) is 31.2 Å². The van der Waals surface area contributed by atoms with E-state index in [2.05, 4.69) is 42.3 Å². The van der Waals surface area contributed by atoms with Crippen LogP contribution < -0.4 is 10.2 Å². The Hall–Kier alpha value is -1.72. The summed E-state index contributed by atoms with van der Waals surface area (Å²) >= 11 is 0. The highest BCUT2D eigenvalue weighted by Gasteiger charge is 2.22. The van der Waals surface area contributed by atoms with Gasteiger partial charge in [0.2, 0.25) is 5.95 Å². The number of ether oxygens (including phenoxy) is 1. The number of nitrogens with one attached hydrogen (secondary N) is 1. The zero-order valence-electron chi connectivity index (χ0n) is 16.0. The van der Waals surface area contributed by atoms with Crippen LogP contribution in [0.3, 0.4) is 0 Å². The van der Waals surface area contributed by atoms with Crippen molar-refractivity contribution < 1.29 is 4.74 Å². The second-order valence-corrected chi connectivity index (χ2v) is 7.80. The Kier molecular flexibility index (Phi) is 5.36. The number of nitrogens with zero attached hydrogens (tertiary/aromatic N) is 3. The van der Waals surface area contributed by atoms with Crippen molar-refractivity contribution in [2.24, 2.45) is 0 Å². The molecule has 0 unspecified atom stereocenters. The maximum absolute atomic E-state index is 5.48. The maximum atomic E-state index is 5.48. The van der Waals surface area contributed by atoms with Crippen LogP contribution in [0.2, 0.25) is 0 Å². The maximum Gasteiger partial charge on any atom is 0.226 e. The summed E-state index contributed by atoms with van der Waals surface area (Å²) in [5.41, 5.74) is 3.39. The molecule has 1 N–H and O–H groups in total. The lowest BCUT2D eigenvalue weighted by molar-refractivity contribution is 0.0744. The van der Waals surface area contributed by atoms with E-state index in [1.165, 1.54) is 18.4 Å². The van der Waals surface area contributed by atoms with Crippen molar-refractivity contribution in [3.63, 3.8) is 0 Å². The molecule has 2 aromatic rings. The van der Waals surface area contributed by atoms with Crippen molar-refractivity contribution in [1.29, 1.82) is 0 Å². The van der Waals surface area contributed by atoms with Crippen LogP contribution in [0.25, 0.3) is 10.9 Å². The molecule has 1 aromatic heterocycles. The van der Waals surface area contributed by atoms with Crippen molar-refractivity contribution in [1.82, 2.24) is 15.3 Å². The Morgan fingerprint density at radius 3 is 2.65 bits per heavy atom. The van der Waals surface area contributed by atoms with Gasteiger partial charge in [-0.1, -0.05) is 12.1 Å². The molecule has 2 saturated heterocycles. The lowest BCUT2D eigenvalue weighted by Gasteiger charge is -2.28. The number of fused-ring (bicyclic) bond motifs is 1. The Labute approximate surface area is 156 Å². The molecule has 2 aliphatic rings. The minimum Gasteiger partial charge on any atom is -0.381 e. The normalized spacial score (nSPS) is 22.5. The highest BCUT2D eigenvalue weighted by atomic mass is 16.5. The Balaban J connectivity index is 1.46. The second kappa shape index (κ2) is 7.89. The van der Waals surface area contributed by atoms with Gasteiger partial charge in [0, 0.05) is 43.8 Å². The number of aryl methyl sites for hydroxylation is 2. The molecule has 26 heavy (non-hydrogen) atoms. The number of hydrogen-bond donors (Lipinski definition) is 1. The third-order valence-corrected chi connectivity index (χ3v) is 5.73. The predicted molar refractivity (Wildman–Crippen MR) is 106 cm³/mol. The first kappa shape index (κ1) is 17.7. The molecular formula is C21H30N4O. The first-order valence-corrected chi connectivity index (χ1v) is 10.0. The van der Waals surface area contributed by atoms with Gasteiger partial charge in [-0.25, -0.2) is 9.97 Å². The van der Waals surface area contributed by atoms with Crippen molar-refractivity contribution >= 4 is 16.9 Å². The number of benzene rings is 1. The van der Waals surface area contributed by atoms with Gasteiger partial charge in [-0.05, 0) is 57.6 Å². The SMILES string of the molecule is Cc1ccc2c(C)nc(N3CCC[C@@H](NC4CCOCC4)CC3)nc2c1. The molecule has 1 aromatic carbocycles. The molecular weight excluding hydrogens is 324 g/mol. The molecule has 3 heterocycles. The van der Waals surface area contributed by atoms with Gasteiger partial charge in [0.05, 0.1) is 11.2 Å². The van der Waals surface area contributed by atoms with Crippen molar-refractivity contribution in [3.05, 3.63) is 29.5 Å². The Bertz CT molecular complexity index is 757. The van der Waals surface area contributed by atoms with E-state index in [0.717, 1.165) is 68.1 Å². The summed E-state index contributed by atoms with van der Waals surface area (Å²) in [6.07, 6.45) is 5.87. The molecule has 0 aliphatic carbocycles. The number of aromatic nitrogens is 2. The highest BCUT2D eigenvalue weighted by molar-refractivity contribution is 5.82. The Morgan fingerprint density at radius 2 is 1.81 bits per heavy atom. The smallest absolute Gasteiger partial charge is 0.226 e. The molecule has 2 fully saturated rings. The average molecular weight is 354 g/mol. The molecule has 140 valence electrons. The van der Waals surface area contributed by atoms with Gasteiger partial charge >= 0.3 is 0 Å². The molecule has 0 saturated carbocycles. The summed E-state index contributed by atoms with van der Waals surface area (Å²) in [6.45, 7) is 8.09. The zero-order valence-corrected chi connectivity index (χ0v) is 16.0. The second-order valence-electron chi connectivity index (χ2n) is 7.80. The van der Waals surface area contributed by atoms with Crippen molar-refractivity contribution in [3.8, 4) is 0 Å². The van der Waals surface area contributed by atoms with Gasteiger partial charge in [0.15, 0.2) is 0 Å². The average Bonchev–Trinajstić information content (AvgIpc) is 2.88. The third-order valence-electron chi connectivity index (χ3n) is 5.73. The summed E-state index contributed by atoms with van der Waals surface area (Å²) in [5, 5.41) is 5.03. The van der Waals surface area contributed by atoms with Gasteiger partial charge in [-0.15, -0.1) is 0 Å². The quantitative estimate of drug-likeness (QED) is 0.916. The van der Waals surface area contributed by atoms with Gasteiger partial charge in [0.25, 0.3) is 0 Å². The molecule has 2 aliphatic heterocycles. The third kappa shape index (κ3) is 3.99. The summed E-state index contributed by atoms with van der Waals surface area (Å²) < 4.78 is 5.48. The van der Waals surface area contributed by atoms with Crippen LogP contribution in [-0.4, -0.2) is 48.4 Å². The van der Waals surface area contributed by atoms with E-state index in [1.54, 1.807) is 0 Å². The summed E-state index contributed by atoms with van der Waals surface area (Å²) in [7, 11) is 0. The topological polar surface area (TPSA) is 50.3 Å². The predicted octanol–water partition coefficient (Wildman–Crippen LogP) is 3.37. The van der Waals surface area contributed by atoms with E-state index >= 15 is 0 Å². The molecule has 5 nitrogen and oxygen atoms in total. The lowest BCUT2D eigenvalue weighted by Crippen LogP contribution is -2.42. The van der Waals surface area contributed by atoms with E-state index in [-0.39, 0.29) is 0 Å². The summed E-state index contributed by atoms with van der Waals surface area (Å²) in [4.78, 5) is 12.1. The van der Waals surface area contributed by atoms with Gasteiger partial charge < -0.3 is 15.0 Å². The molecule has 1 atom stereocenters. The van der Waals surface area contributed by atoms with E-state index in [0.29, 0.717) is 12.1 Å². The summed E-state index contributed by atoms with van der Waals surface area (Å²) in [6, 6.07) is 7.67. The molecule has 0 spiro atoms. The fraction of sp³-hybridized carbons (Fsp3) is 0.619. The van der Waals surface area contributed by atoms with E-state index in [4.69, 9.17) is 14.7 Å². The highest BCUT2D eigenvalue weighted by Crippen LogP contribution is 2.23. The van der Waals surface area contributed by atoms with Crippen LogP contribution in [-0.2, 0) is 4.74 Å². The van der Waals surface area contributed by atoms with E-state index < -0.39 is 0 Å². The number of anilines is 1. The van der Waals surface area contributed by atoms with Gasteiger partial charge in [-0.2, -0.15) is 0 Å². The Morgan fingerprint density at radius 1 is 1.00 bits per heavy atom. The van der Waals surface area contributed by atoms with E-state index in [9.17, 15) is 0 Å². The number of hydrogen-bond acceptors (Lipinski definition) is 5. The van der Waals surface area contributed by atoms with Crippen LogP contribution in [0.5, 0.6) is 0 Å². The standard InChI is InChI=1S/C21H30N4O/c1-15-5-6-19-16(2)22-21(24-20(19)14-15)25-10-3-4-17(7-11-25)23-18-8-12-26-13-9-18/h5-6,14,17-18,23H,3-4,7-13H2,1-2H3/t17-/m1/s1. The molecule has 0 amide bonds. The lowest BCUT2D eigenvalue weighted by atomic mass is 10.0. The molecule has 4 rings (SSSR count). The first-order chi connectivity index (χ1) is 12.7. The monoisotopic (exact) mass is 354 g/mol. The fourth-order valence-corrected chi connectivity index (χ4v) is 4.19. The molecule has 5 heteroatoms. The number of rotatable bonds is 3. The summed E-state index contributed by atoms with van der Waals surface area (Å²) in [5.74, 6) is 0.896. The van der Waals surface area contributed by atoms with Crippen LogP contribution in [0, 0.1) is 13.8 Å². The molecule has 0 radical (unpaired) electrons. The van der Waals surface area contributed by atoms with E-state index in [1.807, 2.05) is 0 Å². The van der Waals surface area contributed by atoms with Crippen LogP contribution >= 0.6 is 0 Å². The first-order valence-electron chi connectivity index (χ1n) is 10.0. The fourth-order valence-electron chi connectivity index (χ4n) is 4.19. The minimum absolute atomic E-state index is 0.604. The van der Waals surface area contributed by atoms with Gasteiger partial charge in [0.1, 0.15) is 0 Å². The van der Waals surface area contributed by atoms with Crippen LogP contribution in [0.1, 0.15) is 43.4 Å².